The maximum Gasteiger partial charge on any atom is 0.337 e. The molecule has 2 N–H and O–H groups in total. The molecule has 0 aliphatic heterocycles. The van der Waals surface area contributed by atoms with Gasteiger partial charge in [-0.1, -0.05) is 0 Å². The highest BCUT2D eigenvalue weighted by molar-refractivity contribution is 5.92. The molecule has 1 aromatic rings. The number of aldehydes is 1. The highest BCUT2D eigenvalue weighted by Gasteiger charge is 2.05. The highest BCUT2D eigenvalue weighted by atomic mass is 16.5. The maximum atomic E-state index is 11.2. The lowest BCUT2D eigenvalue weighted by atomic mass is 10.2. The van der Waals surface area contributed by atoms with Crippen molar-refractivity contribution in [3.8, 4) is 0 Å². The van der Waals surface area contributed by atoms with E-state index in [-0.39, 0.29) is 6.54 Å². The normalized spacial score (nSPS) is 9.24. The summed E-state index contributed by atoms with van der Waals surface area (Å²) >= 11 is 0. The van der Waals surface area contributed by atoms with E-state index in [1.54, 1.807) is 12.1 Å². The Morgan fingerprint density at radius 3 is 2.47 bits per heavy atom. The molecule has 0 aliphatic rings. The molecule has 0 heterocycles. The number of anilines is 1. The molecule has 17 heavy (non-hydrogen) atoms. The summed E-state index contributed by atoms with van der Waals surface area (Å²) in [6, 6.07) is 5.70. The maximum absolute atomic E-state index is 11.2. The van der Waals surface area contributed by atoms with Crippen LogP contribution in [0.15, 0.2) is 24.3 Å². The number of carbonyl (C=O) groups excluding carboxylic acids is 3. The van der Waals surface area contributed by atoms with Crippen LogP contribution in [0.3, 0.4) is 0 Å². The summed E-state index contributed by atoms with van der Waals surface area (Å²) in [6.45, 7) is -0.0495. The lowest BCUT2D eigenvalue weighted by Gasteiger charge is -2.05. The fourth-order valence-corrected chi connectivity index (χ4v) is 1.12. The van der Waals surface area contributed by atoms with Crippen LogP contribution >= 0.6 is 0 Å². The number of esters is 1. The average molecular weight is 236 g/mol. The number of urea groups is 1. The fourth-order valence-electron chi connectivity index (χ4n) is 1.12. The Kier molecular flexibility index (Phi) is 4.68. The Morgan fingerprint density at radius 2 is 1.94 bits per heavy atom. The van der Waals surface area contributed by atoms with Gasteiger partial charge in [0.2, 0.25) is 0 Å². The van der Waals surface area contributed by atoms with E-state index in [0.717, 1.165) is 0 Å². The predicted molar refractivity (Wildman–Crippen MR) is 60.9 cm³/mol. The predicted octanol–water partition coefficient (Wildman–Crippen LogP) is 0.794. The van der Waals surface area contributed by atoms with E-state index in [4.69, 9.17) is 0 Å². The Bertz CT molecular complexity index is 414. The standard InChI is InChI=1S/C11H12N2O4/c1-17-10(15)8-2-4-9(5-3-8)13-11(16)12-6-7-14/h2-5,7H,6H2,1H3,(H2,12,13,16). The molecule has 0 saturated heterocycles. The molecular weight excluding hydrogens is 224 g/mol. The molecule has 0 bridgehead atoms. The second-order valence-corrected chi connectivity index (χ2v) is 3.07. The topological polar surface area (TPSA) is 84.5 Å². The number of carbonyl (C=O) groups is 3. The van der Waals surface area contributed by atoms with Crippen LogP contribution in [0.4, 0.5) is 10.5 Å². The minimum atomic E-state index is -0.483. The first-order chi connectivity index (χ1) is 8.17. The average Bonchev–Trinajstić information content (AvgIpc) is 2.36. The molecule has 0 aromatic heterocycles. The van der Waals surface area contributed by atoms with Crippen LogP contribution in [0.25, 0.3) is 0 Å². The Hall–Kier alpha value is -2.37. The number of hydrogen-bond donors (Lipinski definition) is 2. The third kappa shape index (κ3) is 3.94. The van der Waals surface area contributed by atoms with Crippen molar-refractivity contribution >= 4 is 24.0 Å². The van der Waals surface area contributed by atoms with Gasteiger partial charge in [0, 0.05) is 5.69 Å². The van der Waals surface area contributed by atoms with Crippen LogP contribution in [0.2, 0.25) is 0 Å². The summed E-state index contributed by atoms with van der Waals surface area (Å²) in [6.07, 6.45) is 0.583. The van der Waals surface area contributed by atoms with Crippen LogP contribution < -0.4 is 10.6 Å². The monoisotopic (exact) mass is 236 g/mol. The van der Waals surface area contributed by atoms with E-state index in [1.807, 2.05) is 0 Å². The fraction of sp³-hybridized carbons (Fsp3) is 0.182. The molecule has 2 amide bonds. The van der Waals surface area contributed by atoms with Crippen molar-refractivity contribution in [2.75, 3.05) is 19.0 Å². The van der Waals surface area contributed by atoms with E-state index >= 15 is 0 Å². The second kappa shape index (κ2) is 6.26. The van der Waals surface area contributed by atoms with Crippen LogP contribution in [0.1, 0.15) is 10.4 Å². The molecule has 90 valence electrons. The summed E-state index contributed by atoms with van der Waals surface area (Å²) in [4.78, 5) is 32.3. The van der Waals surface area contributed by atoms with Gasteiger partial charge in [-0.15, -0.1) is 0 Å². The zero-order valence-corrected chi connectivity index (χ0v) is 9.23. The Balaban J connectivity index is 2.59. The molecule has 0 unspecified atom stereocenters. The third-order valence-corrected chi connectivity index (χ3v) is 1.91. The number of nitrogens with one attached hydrogen (secondary N) is 2. The van der Waals surface area contributed by atoms with Gasteiger partial charge in [-0.2, -0.15) is 0 Å². The van der Waals surface area contributed by atoms with Crippen molar-refractivity contribution in [1.29, 1.82) is 0 Å². The van der Waals surface area contributed by atoms with Gasteiger partial charge in [-0.05, 0) is 24.3 Å². The molecule has 0 saturated carbocycles. The molecule has 0 spiro atoms. The molecule has 0 radical (unpaired) electrons. The first-order valence-electron chi connectivity index (χ1n) is 4.84. The Morgan fingerprint density at radius 1 is 1.29 bits per heavy atom. The van der Waals surface area contributed by atoms with Gasteiger partial charge in [0.15, 0.2) is 0 Å². The quantitative estimate of drug-likeness (QED) is 0.598. The first kappa shape index (κ1) is 12.7. The van der Waals surface area contributed by atoms with Gasteiger partial charge in [-0.3, -0.25) is 0 Å². The molecular formula is C11H12N2O4. The largest absolute Gasteiger partial charge is 0.465 e. The number of rotatable bonds is 4. The zero-order valence-electron chi connectivity index (χ0n) is 9.23. The summed E-state index contributed by atoms with van der Waals surface area (Å²) in [5.41, 5.74) is 0.910. The van der Waals surface area contributed by atoms with E-state index < -0.39 is 12.0 Å². The zero-order chi connectivity index (χ0) is 12.7. The smallest absolute Gasteiger partial charge is 0.337 e. The summed E-state index contributed by atoms with van der Waals surface area (Å²) in [7, 11) is 1.29. The number of benzene rings is 1. The van der Waals surface area contributed by atoms with Crippen molar-refractivity contribution in [3.05, 3.63) is 29.8 Å². The number of methoxy groups -OCH3 is 1. The molecule has 1 rings (SSSR count). The van der Waals surface area contributed by atoms with Crippen LogP contribution in [0, 0.1) is 0 Å². The summed E-state index contributed by atoms with van der Waals surface area (Å²) in [5.74, 6) is -0.443. The van der Waals surface area contributed by atoms with Gasteiger partial charge in [-0.25, -0.2) is 9.59 Å². The second-order valence-electron chi connectivity index (χ2n) is 3.07. The minimum absolute atomic E-state index is 0.0495. The summed E-state index contributed by atoms with van der Waals surface area (Å²) in [5, 5.41) is 4.82. The number of ether oxygens (including phenoxy) is 1. The number of hydrogen-bond acceptors (Lipinski definition) is 4. The van der Waals surface area contributed by atoms with Crippen molar-refractivity contribution in [2.24, 2.45) is 0 Å². The van der Waals surface area contributed by atoms with Gasteiger partial charge >= 0.3 is 12.0 Å². The molecule has 6 nitrogen and oxygen atoms in total. The van der Waals surface area contributed by atoms with Crippen molar-refractivity contribution in [1.82, 2.24) is 5.32 Å². The van der Waals surface area contributed by atoms with Gasteiger partial charge in [0.1, 0.15) is 6.29 Å². The lowest BCUT2D eigenvalue weighted by Crippen LogP contribution is -2.30. The van der Waals surface area contributed by atoms with Crippen LogP contribution in [-0.4, -0.2) is 31.9 Å². The van der Waals surface area contributed by atoms with Gasteiger partial charge in [0.05, 0.1) is 19.2 Å². The molecule has 0 fully saturated rings. The van der Waals surface area contributed by atoms with E-state index in [1.165, 1.54) is 19.2 Å². The van der Waals surface area contributed by atoms with E-state index in [2.05, 4.69) is 15.4 Å². The molecule has 0 atom stereocenters. The third-order valence-electron chi connectivity index (χ3n) is 1.91. The number of amides is 2. The molecule has 1 aromatic carbocycles. The lowest BCUT2D eigenvalue weighted by molar-refractivity contribution is -0.107. The summed E-state index contributed by atoms with van der Waals surface area (Å²) < 4.78 is 4.53. The highest BCUT2D eigenvalue weighted by Crippen LogP contribution is 2.09. The van der Waals surface area contributed by atoms with Crippen molar-refractivity contribution < 1.29 is 19.1 Å². The van der Waals surface area contributed by atoms with Crippen molar-refractivity contribution in [3.63, 3.8) is 0 Å². The van der Waals surface area contributed by atoms with Crippen molar-refractivity contribution in [2.45, 2.75) is 0 Å². The van der Waals surface area contributed by atoms with E-state index in [0.29, 0.717) is 17.5 Å². The van der Waals surface area contributed by atoms with E-state index in [9.17, 15) is 14.4 Å². The van der Waals surface area contributed by atoms with Crippen LogP contribution in [0.5, 0.6) is 0 Å². The van der Waals surface area contributed by atoms with Gasteiger partial charge < -0.3 is 20.2 Å². The Labute approximate surface area is 98.0 Å². The van der Waals surface area contributed by atoms with Gasteiger partial charge in [0.25, 0.3) is 0 Å². The SMILES string of the molecule is COC(=O)c1ccc(NC(=O)NCC=O)cc1. The molecule has 6 heteroatoms. The first-order valence-corrected chi connectivity index (χ1v) is 4.84. The minimum Gasteiger partial charge on any atom is -0.465 e. The van der Waals surface area contributed by atoms with Crippen LogP contribution in [-0.2, 0) is 9.53 Å². The molecule has 0 aliphatic carbocycles.